The average Bonchev–Trinajstić information content (AvgIpc) is 2.36. The predicted molar refractivity (Wildman–Crippen MR) is 66.6 cm³/mol. The summed E-state index contributed by atoms with van der Waals surface area (Å²) in [6, 6.07) is 0.272. The summed E-state index contributed by atoms with van der Waals surface area (Å²) in [5.74, 6) is -0.587. The van der Waals surface area contributed by atoms with E-state index in [-0.39, 0.29) is 12.6 Å². The summed E-state index contributed by atoms with van der Waals surface area (Å²) in [4.78, 5) is 13.4. The number of hydrogen-bond acceptors (Lipinski definition) is 3. The van der Waals surface area contributed by atoms with Gasteiger partial charge in [-0.05, 0) is 12.8 Å². The van der Waals surface area contributed by atoms with Crippen molar-refractivity contribution in [2.24, 2.45) is 5.73 Å². The average molecular weight is 281 g/mol. The molecule has 1 aliphatic rings. The fraction of sp³-hybridized carbons (Fsp3) is 0.917. The number of nitrogens with one attached hydrogen (secondary N) is 1. The molecule has 0 aromatic carbocycles. The van der Waals surface area contributed by atoms with Gasteiger partial charge in [-0.3, -0.25) is 9.69 Å². The molecule has 7 heteroatoms. The number of rotatable bonds is 6. The monoisotopic (exact) mass is 281 g/mol. The van der Waals surface area contributed by atoms with Crippen LogP contribution in [-0.4, -0.2) is 49.2 Å². The van der Waals surface area contributed by atoms with E-state index in [1.807, 2.05) is 10.2 Å². The largest absolute Gasteiger partial charge is 0.405 e. The molecule has 19 heavy (non-hydrogen) atoms. The lowest BCUT2D eigenvalue weighted by Gasteiger charge is -2.33. The number of nitrogens with two attached hydrogens (primary N) is 1. The molecular formula is C12H22F3N3O. The van der Waals surface area contributed by atoms with Crippen LogP contribution in [-0.2, 0) is 4.79 Å². The maximum atomic E-state index is 12.0. The Morgan fingerprint density at radius 2 is 1.89 bits per heavy atom. The van der Waals surface area contributed by atoms with Gasteiger partial charge in [0.15, 0.2) is 0 Å². The smallest absolute Gasteiger partial charge is 0.346 e. The Balaban J connectivity index is 2.41. The van der Waals surface area contributed by atoms with Crippen molar-refractivity contribution < 1.29 is 18.0 Å². The Hall–Kier alpha value is -0.820. The number of carbonyl (C=O) groups excluding carboxylic acids is 1. The summed E-state index contributed by atoms with van der Waals surface area (Å²) in [5.41, 5.74) is 5.50. The molecule has 1 amide bonds. The maximum absolute atomic E-state index is 12.0. The van der Waals surface area contributed by atoms with Crippen LogP contribution in [0.5, 0.6) is 0 Å². The van der Waals surface area contributed by atoms with Crippen molar-refractivity contribution in [2.75, 3.05) is 26.2 Å². The van der Waals surface area contributed by atoms with Crippen molar-refractivity contribution in [3.63, 3.8) is 0 Å². The van der Waals surface area contributed by atoms with E-state index in [0.29, 0.717) is 13.1 Å². The van der Waals surface area contributed by atoms with Crippen LogP contribution in [0, 0.1) is 0 Å². The van der Waals surface area contributed by atoms with Crippen molar-refractivity contribution in [1.82, 2.24) is 10.2 Å². The molecule has 0 bridgehead atoms. The molecule has 112 valence electrons. The third kappa shape index (κ3) is 6.77. The molecular weight excluding hydrogens is 259 g/mol. The Labute approximate surface area is 111 Å². The van der Waals surface area contributed by atoms with E-state index in [4.69, 9.17) is 5.73 Å². The predicted octanol–water partition coefficient (Wildman–Crippen LogP) is 1.26. The molecule has 0 spiro atoms. The van der Waals surface area contributed by atoms with Crippen molar-refractivity contribution in [2.45, 2.75) is 44.3 Å². The van der Waals surface area contributed by atoms with Gasteiger partial charge in [-0.1, -0.05) is 19.3 Å². The fourth-order valence-corrected chi connectivity index (χ4v) is 2.44. The Bertz CT molecular complexity index is 278. The number of halogens is 3. The van der Waals surface area contributed by atoms with Gasteiger partial charge in [0.1, 0.15) is 6.54 Å². The van der Waals surface area contributed by atoms with Crippen molar-refractivity contribution >= 4 is 5.91 Å². The second-order valence-corrected chi connectivity index (χ2v) is 4.94. The van der Waals surface area contributed by atoms with Gasteiger partial charge in [-0.2, -0.15) is 13.2 Å². The summed E-state index contributed by atoms with van der Waals surface area (Å²) in [7, 11) is 0. The van der Waals surface area contributed by atoms with Crippen LogP contribution in [0.15, 0.2) is 0 Å². The highest BCUT2D eigenvalue weighted by atomic mass is 19.4. The van der Waals surface area contributed by atoms with E-state index in [1.54, 1.807) is 0 Å². The van der Waals surface area contributed by atoms with Crippen molar-refractivity contribution in [3.8, 4) is 0 Å². The standard InChI is InChI=1S/C12H22F3N3O/c13-12(14,15)9-17-11(19)8-18(7-6-16)10-4-2-1-3-5-10/h10H,1-9,16H2,(H,17,19). The van der Waals surface area contributed by atoms with Crippen molar-refractivity contribution in [3.05, 3.63) is 0 Å². The first kappa shape index (κ1) is 16.2. The summed E-state index contributed by atoms with van der Waals surface area (Å²) < 4.78 is 36.0. The second kappa shape index (κ2) is 7.69. The quantitative estimate of drug-likeness (QED) is 0.770. The lowest BCUT2D eigenvalue weighted by Crippen LogP contribution is -2.47. The SMILES string of the molecule is NCCN(CC(=O)NCC(F)(F)F)C1CCCCC1. The molecule has 0 unspecified atom stereocenters. The molecule has 0 aromatic heterocycles. The second-order valence-electron chi connectivity index (χ2n) is 4.94. The van der Waals surface area contributed by atoms with E-state index in [1.165, 1.54) is 6.42 Å². The van der Waals surface area contributed by atoms with Crippen LogP contribution in [0.4, 0.5) is 13.2 Å². The highest BCUT2D eigenvalue weighted by Crippen LogP contribution is 2.22. The van der Waals surface area contributed by atoms with Crippen LogP contribution in [0.3, 0.4) is 0 Å². The van der Waals surface area contributed by atoms with Crippen LogP contribution >= 0.6 is 0 Å². The summed E-state index contributed by atoms with van der Waals surface area (Å²) >= 11 is 0. The zero-order valence-corrected chi connectivity index (χ0v) is 11.0. The Morgan fingerprint density at radius 3 is 2.42 bits per heavy atom. The summed E-state index contributed by atoms with van der Waals surface area (Å²) in [6.07, 6.45) is 1.03. The summed E-state index contributed by atoms with van der Waals surface area (Å²) in [6.45, 7) is -0.321. The van der Waals surface area contributed by atoms with Gasteiger partial charge in [-0.25, -0.2) is 0 Å². The highest BCUT2D eigenvalue weighted by molar-refractivity contribution is 5.78. The van der Waals surface area contributed by atoms with E-state index in [9.17, 15) is 18.0 Å². The highest BCUT2D eigenvalue weighted by Gasteiger charge is 2.28. The maximum Gasteiger partial charge on any atom is 0.405 e. The molecule has 0 saturated heterocycles. The Kier molecular flexibility index (Phi) is 6.57. The van der Waals surface area contributed by atoms with Gasteiger partial charge in [0.05, 0.1) is 6.54 Å². The number of hydrogen-bond donors (Lipinski definition) is 2. The van der Waals surface area contributed by atoms with Gasteiger partial charge in [0.2, 0.25) is 5.91 Å². The van der Waals surface area contributed by atoms with Gasteiger partial charge in [0.25, 0.3) is 0 Å². The zero-order valence-electron chi connectivity index (χ0n) is 11.0. The number of alkyl halides is 3. The Morgan fingerprint density at radius 1 is 1.26 bits per heavy atom. The third-order valence-corrected chi connectivity index (χ3v) is 3.34. The topological polar surface area (TPSA) is 58.4 Å². The minimum absolute atomic E-state index is 0.00204. The van der Waals surface area contributed by atoms with E-state index in [2.05, 4.69) is 0 Å². The molecule has 1 fully saturated rings. The van der Waals surface area contributed by atoms with Crippen LogP contribution in [0.25, 0.3) is 0 Å². The van der Waals surface area contributed by atoms with Gasteiger partial charge in [-0.15, -0.1) is 0 Å². The van der Waals surface area contributed by atoms with Gasteiger partial charge in [0, 0.05) is 19.1 Å². The first-order chi connectivity index (χ1) is 8.92. The number of carbonyl (C=O) groups is 1. The minimum Gasteiger partial charge on any atom is -0.346 e. The van der Waals surface area contributed by atoms with E-state index in [0.717, 1.165) is 25.7 Å². The molecule has 4 nitrogen and oxygen atoms in total. The van der Waals surface area contributed by atoms with Gasteiger partial charge >= 0.3 is 6.18 Å². The molecule has 0 radical (unpaired) electrons. The lowest BCUT2D eigenvalue weighted by molar-refractivity contribution is -0.139. The van der Waals surface area contributed by atoms with Crippen LogP contribution in [0.2, 0.25) is 0 Å². The van der Waals surface area contributed by atoms with E-state index >= 15 is 0 Å². The first-order valence-corrected chi connectivity index (χ1v) is 6.70. The van der Waals surface area contributed by atoms with Crippen LogP contribution < -0.4 is 11.1 Å². The lowest BCUT2D eigenvalue weighted by atomic mass is 9.94. The molecule has 0 aliphatic heterocycles. The van der Waals surface area contributed by atoms with Crippen LogP contribution in [0.1, 0.15) is 32.1 Å². The molecule has 0 aromatic rings. The van der Waals surface area contributed by atoms with Crippen molar-refractivity contribution in [1.29, 1.82) is 0 Å². The molecule has 0 atom stereocenters. The number of amides is 1. The minimum atomic E-state index is -4.36. The normalized spacial score (nSPS) is 17.7. The third-order valence-electron chi connectivity index (χ3n) is 3.34. The molecule has 1 saturated carbocycles. The first-order valence-electron chi connectivity index (χ1n) is 6.70. The summed E-state index contributed by atoms with van der Waals surface area (Å²) in [5, 5.41) is 1.90. The number of nitrogens with zero attached hydrogens (tertiary/aromatic N) is 1. The van der Waals surface area contributed by atoms with Gasteiger partial charge < -0.3 is 11.1 Å². The van der Waals surface area contributed by atoms with E-state index < -0.39 is 18.6 Å². The molecule has 0 heterocycles. The molecule has 1 aliphatic carbocycles. The molecule has 3 N–H and O–H groups in total. The fourth-order valence-electron chi connectivity index (χ4n) is 2.44. The zero-order chi connectivity index (χ0) is 14.3. The molecule has 1 rings (SSSR count).